The third kappa shape index (κ3) is 3.72. The Hall–Kier alpha value is -1.06. The van der Waals surface area contributed by atoms with Crippen LogP contribution < -0.4 is 15.8 Å². The van der Waals surface area contributed by atoms with E-state index in [0.29, 0.717) is 6.54 Å². The predicted octanol–water partition coefficient (Wildman–Crippen LogP) is 1.95. The Balaban J connectivity index is 1.93. The molecule has 1 fully saturated rings. The molecule has 1 unspecified atom stereocenters. The Labute approximate surface area is 110 Å². The van der Waals surface area contributed by atoms with Gasteiger partial charge in [0.15, 0.2) is 0 Å². The van der Waals surface area contributed by atoms with Crippen molar-refractivity contribution in [2.75, 3.05) is 20.2 Å². The van der Waals surface area contributed by atoms with E-state index >= 15 is 0 Å². The Morgan fingerprint density at radius 1 is 1.33 bits per heavy atom. The summed E-state index contributed by atoms with van der Waals surface area (Å²) < 4.78 is 5.17. The zero-order valence-corrected chi connectivity index (χ0v) is 11.4. The number of methoxy groups -OCH3 is 1. The molecule has 0 spiro atoms. The van der Waals surface area contributed by atoms with Crippen molar-refractivity contribution < 1.29 is 4.74 Å². The van der Waals surface area contributed by atoms with Gasteiger partial charge in [-0.2, -0.15) is 0 Å². The van der Waals surface area contributed by atoms with Crippen LogP contribution in [-0.4, -0.2) is 25.7 Å². The van der Waals surface area contributed by atoms with E-state index in [1.165, 1.54) is 18.4 Å². The third-order valence-electron chi connectivity index (χ3n) is 3.72. The largest absolute Gasteiger partial charge is 0.497 e. The molecule has 1 aromatic carbocycles. The fourth-order valence-electron chi connectivity index (χ4n) is 2.11. The fourth-order valence-corrected chi connectivity index (χ4v) is 2.11. The first-order valence-electron chi connectivity index (χ1n) is 6.73. The van der Waals surface area contributed by atoms with Gasteiger partial charge in [-0.05, 0) is 56.3 Å². The van der Waals surface area contributed by atoms with E-state index in [1.807, 2.05) is 12.1 Å². The Bertz CT molecular complexity index is 373. The smallest absolute Gasteiger partial charge is 0.118 e. The molecule has 1 aliphatic carbocycles. The molecule has 18 heavy (non-hydrogen) atoms. The van der Waals surface area contributed by atoms with Crippen molar-refractivity contribution in [1.82, 2.24) is 5.32 Å². The van der Waals surface area contributed by atoms with Crippen molar-refractivity contribution in [3.05, 3.63) is 29.8 Å². The van der Waals surface area contributed by atoms with Gasteiger partial charge < -0.3 is 15.8 Å². The van der Waals surface area contributed by atoms with E-state index in [2.05, 4.69) is 24.4 Å². The molecule has 2 rings (SSSR count). The maximum atomic E-state index is 5.93. The molecule has 0 amide bonds. The lowest BCUT2D eigenvalue weighted by molar-refractivity contribution is 0.355. The van der Waals surface area contributed by atoms with E-state index in [0.717, 1.165) is 24.6 Å². The van der Waals surface area contributed by atoms with Gasteiger partial charge in [0.05, 0.1) is 7.11 Å². The number of rotatable bonds is 7. The number of nitrogens with two attached hydrogens (primary N) is 1. The van der Waals surface area contributed by atoms with Crippen LogP contribution in [-0.2, 0) is 6.42 Å². The van der Waals surface area contributed by atoms with Gasteiger partial charge in [0, 0.05) is 12.1 Å². The molecule has 1 aromatic rings. The Morgan fingerprint density at radius 3 is 2.50 bits per heavy atom. The SMILES string of the molecule is COc1ccc(CC(C)(CN)NCC2CC2)cc1. The van der Waals surface area contributed by atoms with Crippen LogP contribution in [0.2, 0.25) is 0 Å². The second-order valence-corrected chi connectivity index (χ2v) is 5.61. The molecule has 100 valence electrons. The zero-order chi connectivity index (χ0) is 13.0. The summed E-state index contributed by atoms with van der Waals surface area (Å²) in [6.45, 7) is 3.97. The highest BCUT2D eigenvalue weighted by atomic mass is 16.5. The van der Waals surface area contributed by atoms with Crippen LogP contribution in [0, 0.1) is 5.92 Å². The molecule has 0 radical (unpaired) electrons. The minimum atomic E-state index is -0.00280. The summed E-state index contributed by atoms with van der Waals surface area (Å²) in [5.74, 6) is 1.78. The number of nitrogens with one attached hydrogen (secondary N) is 1. The topological polar surface area (TPSA) is 47.3 Å². The Morgan fingerprint density at radius 2 is 2.00 bits per heavy atom. The highest BCUT2D eigenvalue weighted by Crippen LogP contribution is 2.28. The number of hydrogen-bond acceptors (Lipinski definition) is 3. The average Bonchev–Trinajstić information content (AvgIpc) is 3.21. The summed E-state index contributed by atoms with van der Waals surface area (Å²) in [6, 6.07) is 8.25. The van der Waals surface area contributed by atoms with Crippen LogP contribution in [0.4, 0.5) is 0 Å². The maximum absolute atomic E-state index is 5.93. The van der Waals surface area contributed by atoms with Gasteiger partial charge in [0.2, 0.25) is 0 Å². The maximum Gasteiger partial charge on any atom is 0.118 e. The van der Waals surface area contributed by atoms with Gasteiger partial charge in [0.25, 0.3) is 0 Å². The van der Waals surface area contributed by atoms with E-state index in [1.54, 1.807) is 7.11 Å². The lowest BCUT2D eigenvalue weighted by Crippen LogP contribution is -2.51. The summed E-state index contributed by atoms with van der Waals surface area (Å²) in [5, 5.41) is 3.63. The molecule has 1 atom stereocenters. The molecule has 3 heteroatoms. The fraction of sp³-hybridized carbons (Fsp3) is 0.600. The van der Waals surface area contributed by atoms with Crippen LogP contribution in [0.15, 0.2) is 24.3 Å². The summed E-state index contributed by atoms with van der Waals surface area (Å²) in [6.07, 6.45) is 3.70. The monoisotopic (exact) mass is 248 g/mol. The summed E-state index contributed by atoms with van der Waals surface area (Å²) >= 11 is 0. The third-order valence-corrected chi connectivity index (χ3v) is 3.72. The van der Waals surface area contributed by atoms with Crippen LogP contribution in [0.3, 0.4) is 0 Å². The number of ether oxygens (including phenoxy) is 1. The zero-order valence-electron chi connectivity index (χ0n) is 11.4. The van der Waals surface area contributed by atoms with Crippen LogP contribution in [0.25, 0.3) is 0 Å². The van der Waals surface area contributed by atoms with Crippen molar-refractivity contribution in [3.8, 4) is 5.75 Å². The summed E-state index contributed by atoms with van der Waals surface area (Å²) in [4.78, 5) is 0. The molecule has 0 saturated heterocycles. The molecule has 0 aromatic heterocycles. The lowest BCUT2D eigenvalue weighted by Gasteiger charge is -2.30. The van der Waals surface area contributed by atoms with Crippen LogP contribution in [0.5, 0.6) is 5.75 Å². The molecule has 3 N–H and O–H groups in total. The Kier molecular flexibility index (Phi) is 4.25. The van der Waals surface area contributed by atoms with Crippen molar-refractivity contribution in [2.24, 2.45) is 11.7 Å². The molecule has 0 bridgehead atoms. The quantitative estimate of drug-likeness (QED) is 0.775. The standard InChI is InChI=1S/C15H24N2O/c1-15(11-16,17-10-13-3-4-13)9-12-5-7-14(18-2)8-6-12/h5-8,13,17H,3-4,9-11,16H2,1-2H3. The van der Waals surface area contributed by atoms with E-state index in [4.69, 9.17) is 10.5 Å². The second-order valence-electron chi connectivity index (χ2n) is 5.61. The van der Waals surface area contributed by atoms with Crippen molar-refractivity contribution in [3.63, 3.8) is 0 Å². The molecular weight excluding hydrogens is 224 g/mol. The van der Waals surface area contributed by atoms with E-state index in [9.17, 15) is 0 Å². The van der Waals surface area contributed by atoms with Gasteiger partial charge >= 0.3 is 0 Å². The molecular formula is C15H24N2O. The molecule has 0 heterocycles. The van der Waals surface area contributed by atoms with Crippen molar-refractivity contribution in [2.45, 2.75) is 31.7 Å². The minimum Gasteiger partial charge on any atom is -0.497 e. The predicted molar refractivity (Wildman–Crippen MR) is 74.9 cm³/mol. The second kappa shape index (κ2) is 5.72. The normalized spacial score (nSPS) is 18.4. The van der Waals surface area contributed by atoms with E-state index in [-0.39, 0.29) is 5.54 Å². The first-order valence-corrected chi connectivity index (χ1v) is 6.73. The lowest BCUT2D eigenvalue weighted by atomic mass is 9.92. The van der Waals surface area contributed by atoms with Crippen LogP contribution in [0.1, 0.15) is 25.3 Å². The summed E-state index contributed by atoms with van der Waals surface area (Å²) in [5.41, 5.74) is 7.23. The number of benzene rings is 1. The molecule has 3 nitrogen and oxygen atoms in total. The number of hydrogen-bond donors (Lipinski definition) is 2. The highest BCUT2D eigenvalue weighted by Gasteiger charge is 2.27. The first kappa shape index (κ1) is 13.4. The molecule has 0 aliphatic heterocycles. The van der Waals surface area contributed by atoms with Crippen LogP contribution >= 0.6 is 0 Å². The van der Waals surface area contributed by atoms with Gasteiger partial charge in [-0.3, -0.25) is 0 Å². The highest BCUT2D eigenvalue weighted by molar-refractivity contribution is 5.28. The summed E-state index contributed by atoms with van der Waals surface area (Å²) in [7, 11) is 1.69. The van der Waals surface area contributed by atoms with Gasteiger partial charge in [-0.1, -0.05) is 12.1 Å². The molecule has 1 saturated carbocycles. The molecule has 1 aliphatic rings. The first-order chi connectivity index (χ1) is 8.65. The van der Waals surface area contributed by atoms with Crippen molar-refractivity contribution in [1.29, 1.82) is 0 Å². The van der Waals surface area contributed by atoms with E-state index < -0.39 is 0 Å². The minimum absolute atomic E-state index is 0.00280. The van der Waals surface area contributed by atoms with Crippen molar-refractivity contribution >= 4 is 0 Å². The van der Waals surface area contributed by atoms with Gasteiger partial charge in [-0.15, -0.1) is 0 Å². The van der Waals surface area contributed by atoms with Gasteiger partial charge in [0.1, 0.15) is 5.75 Å². The average molecular weight is 248 g/mol. The van der Waals surface area contributed by atoms with Gasteiger partial charge in [-0.25, -0.2) is 0 Å².